The first-order valence-corrected chi connectivity index (χ1v) is 13.5. The number of unbranched alkanes of at least 4 members (excludes halogenated alkanes) is 2. The smallest absolute Gasteiger partial charge is 0.252 e. The number of hydrogen-bond donors (Lipinski definition) is 2. The molecular weight excluding hydrogens is 460 g/mol. The predicted octanol–water partition coefficient (Wildman–Crippen LogP) is 5.78. The minimum atomic E-state index is -0.188. The van der Waals surface area contributed by atoms with Crippen molar-refractivity contribution in [2.75, 3.05) is 33.2 Å². The van der Waals surface area contributed by atoms with Crippen LogP contribution in [0.2, 0.25) is 0 Å². The van der Waals surface area contributed by atoms with Crippen LogP contribution in [0.15, 0.2) is 85.3 Å². The van der Waals surface area contributed by atoms with Gasteiger partial charge >= 0.3 is 0 Å². The number of nitrogens with one attached hydrogen (secondary N) is 2. The van der Waals surface area contributed by atoms with Gasteiger partial charge in [-0.3, -0.25) is 19.5 Å². The molecule has 0 aromatic carbocycles. The predicted molar refractivity (Wildman–Crippen MR) is 155 cm³/mol. The number of carbonyl (C=O) groups excluding carboxylic acids is 2. The Labute approximate surface area is 224 Å². The van der Waals surface area contributed by atoms with E-state index in [0.717, 1.165) is 57.9 Å². The number of hydrogen-bond acceptors (Lipinski definition) is 4. The molecule has 0 bridgehead atoms. The fraction of sp³-hybridized carbons (Fsp3) is 0.452. The first-order chi connectivity index (χ1) is 18.1. The van der Waals surface area contributed by atoms with Gasteiger partial charge < -0.3 is 10.6 Å². The minimum absolute atomic E-state index is 0.0315. The standard InChI is InChI=1S/C31H46N4O2/c1-3-4-5-6-7-8-9-10-11-12-13-14-15-16-17-18-19-20-26-35(2)28-30(36)33-24-25-34-31(37)29-22-21-23-32-27-29/h4-5,7-8,10-11,13-14,16-17,21-23,27H,3,6,9,12,15,18-20,24-26,28H2,1-2H3,(H,33,36)(H,34,37)/b5-4-,8-7?,11-10?,14-13-,17-16-. The molecule has 0 aliphatic heterocycles. The summed E-state index contributed by atoms with van der Waals surface area (Å²) in [7, 11) is 1.96. The second-order valence-electron chi connectivity index (χ2n) is 8.79. The first kappa shape index (κ1) is 31.8. The fourth-order valence-corrected chi connectivity index (χ4v) is 3.37. The molecule has 6 nitrogen and oxygen atoms in total. The highest BCUT2D eigenvalue weighted by atomic mass is 16.2. The van der Waals surface area contributed by atoms with E-state index >= 15 is 0 Å². The number of rotatable bonds is 20. The summed E-state index contributed by atoms with van der Waals surface area (Å²) in [5, 5.41) is 5.61. The molecule has 0 saturated heterocycles. The molecule has 2 N–H and O–H groups in total. The maximum Gasteiger partial charge on any atom is 0.252 e. The zero-order chi connectivity index (χ0) is 26.8. The van der Waals surface area contributed by atoms with E-state index in [1.807, 2.05) is 11.9 Å². The summed E-state index contributed by atoms with van der Waals surface area (Å²) < 4.78 is 0. The van der Waals surface area contributed by atoms with Crippen LogP contribution in [0.25, 0.3) is 0 Å². The summed E-state index contributed by atoms with van der Waals surface area (Å²) in [5.41, 5.74) is 0.512. The molecule has 0 radical (unpaired) electrons. The SMILES string of the molecule is CC/C=C\CC=CCC=CC/C=C\C/C=C\CCCCN(C)CC(=O)NCCNC(=O)c1cccnc1. The first-order valence-electron chi connectivity index (χ1n) is 13.5. The Morgan fingerprint density at radius 3 is 2.03 bits per heavy atom. The van der Waals surface area contributed by atoms with Crippen molar-refractivity contribution in [3.05, 3.63) is 90.9 Å². The van der Waals surface area contributed by atoms with Gasteiger partial charge in [0.25, 0.3) is 5.91 Å². The summed E-state index contributed by atoms with van der Waals surface area (Å²) >= 11 is 0. The van der Waals surface area contributed by atoms with E-state index in [0.29, 0.717) is 25.2 Å². The Morgan fingerprint density at radius 1 is 0.838 bits per heavy atom. The second-order valence-corrected chi connectivity index (χ2v) is 8.79. The fourth-order valence-electron chi connectivity index (χ4n) is 3.37. The third kappa shape index (κ3) is 19.6. The Hall–Kier alpha value is -3.25. The van der Waals surface area contributed by atoms with E-state index in [2.05, 4.69) is 83.3 Å². The van der Waals surface area contributed by atoms with Crippen LogP contribution in [0, 0.1) is 0 Å². The van der Waals surface area contributed by atoms with Gasteiger partial charge in [0.05, 0.1) is 12.1 Å². The van der Waals surface area contributed by atoms with E-state index in [9.17, 15) is 9.59 Å². The molecule has 1 aromatic heterocycles. The molecule has 0 atom stereocenters. The molecular formula is C31H46N4O2. The lowest BCUT2D eigenvalue weighted by molar-refractivity contribution is -0.121. The van der Waals surface area contributed by atoms with Gasteiger partial charge in [0.1, 0.15) is 0 Å². The normalized spacial score (nSPS) is 12.2. The summed E-state index contributed by atoms with van der Waals surface area (Å²) in [4.78, 5) is 29.9. The number of nitrogens with zero attached hydrogens (tertiary/aromatic N) is 2. The number of allylic oxidation sites excluding steroid dienone is 10. The zero-order valence-electron chi connectivity index (χ0n) is 22.8. The van der Waals surface area contributed by atoms with Gasteiger partial charge in [0, 0.05) is 25.5 Å². The lowest BCUT2D eigenvalue weighted by atomic mass is 10.2. The van der Waals surface area contributed by atoms with E-state index in [1.54, 1.807) is 18.3 Å². The molecule has 0 aliphatic rings. The quantitative estimate of drug-likeness (QED) is 0.174. The van der Waals surface area contributed by atoms with Crippen molar-refractivity contribution < 1.29 is 9.59 Å². The Bertz CT molecular complexity index is 872. The summed E-state index contributed by atoms with van der Waals surface area (Å²) in [5.74, 6) is -0.220. The van der Waals surface area contributed by atoms with Crippen LogP contribution in [-0.4, -0.2) is 54.9 Å². The monoisotopic (exact) mass is 506 g/mol. The van der Waals surface area contributed by atoms with Crippen LogP contribution in [0.3, 0.4) is 0 Å². The highest BCUT2D eigenvalue weighted by molar-refractivity contribution is 5.93. The Kier molecular flexibility index (Phi) is 19.9. The van der Waals surface area contributed by atoms with Gasteiger partial charge in [-0.05, 0) is 77.1 Å². The van der Waals surface area contributed by atoms with Gasteiger partial charge in [0.2, 0.25) is 5.91 Å². The molecule has 0 aliphatic carbocycles. The summed E-state index contributed by atoms with van der Waals surface area (Å²) in [6.07, 6.45) is 33.6. The molecule has 0 saturated carbocycles. The van der Waals surface area contributed by atoms with Crippen LogP contribution >= 0.6 is 0 Å². The maximum absolute atomic E-state index is 12.1. The van der Waals surface area contributed by atoms with Crippen LogP contribution in [0.5, 0.6) is 0 Å². The minimum Gasteiger partial charge on any atom is -0.353 e. The molecule has 1 aromatic rings. The number of amides is 2. The highest BCUT2D eigenvalue weighted by Gasteiger charge is 2.07. The summed E-state index contributed by atoms with van der Waals surface area (Å²) in [6.45, 7) is 4.19. The van der Waals surface area contributed by atoms with Crippen LogP contribution < -0.4 is 10.6 Å². The van der Waals surface area contributed by atoms with E-state index in [-0.39, 0.29) is 11.8 Å². The second kappa shape index (κ2) is 23.2. The third-order valence-electron chi connectivity index (χ3n) is 5.39. The van der Waals surface area contributed by atoms with Crippen molar-refractivity contribution in [2.45, 2.75) is 58.3 Å². The molecule has 0 spiro atoms. The Morgan fingerprint density at radius 2 is 1.43 bits per heavy atom. The average Bonchev–Trinajstić information content (AvgIpc) is 2.90. The average molecular weight is 507 g/mol. The number of aromatic nitrogens is 1. The molecule has 1 rings (SSSR count). The molecule has 202 valence electrons. The largest absolute Gasteiger partial charge is 0.353 e. The van der Waals surface area contributed by atoms with Crippen molar-refractivity contribution in [1.82, 2.24) is 20.5 Å². The molecule has 1 heterocycles. The van der Waals surface area contributed by atoms with Gasteiger partial charge in [-0.15, -0.1) is 0 Å². The van der Waals surface area contributed by atoms with Crippen molar-refractivity contribution in [1.29, 1.82) is 0 Å². The lowest BCUT2D eigenvalue weighted by Crippen LogP contribution is -2.39. The number of likely N-dealkylation sites (N-methyl/N-ethyl adjacent to an activating group) is 1. The van der Waals surface area contributed by atoms with Gasteiger partial charge in [-0.1, -0.05) is 67.7 Å². The number of pyridine rings is 1. The highest BCUT2D eigenvalue weighted by Crippen LogP contribution is 2.01. The third-order valence-corrected chi connectivity index (χ3v) is 5.39. The molecule has 0 unspecified atom stereocenters. The zero-order valence-corrected chi connectivity index (χ0v) is 22.8. The van der Waals surface area contributed by atoms with Crippen LogP contribution in [-0.2, 0) is 4.79 Å². The molecule has 2 amide bonds. The lowest BCUT2D eigenvalue weighted by Gasteiger charge is -2.16. The van der Waals surface area contributed by atoms with Crippen molar-refractivity contribution in [3.63, 3.8) is 0 Å². The van der Waals surface area contributed by atoms with Crippen molar-refractivity contribution in [3.8, 4) is 0 Å². The maximum atomic E-state index is 12.1. The summed E-state index contributed by atoms with van der Waals surface area (Å²) in [6, 6.07) is 3.42. The van der Waals surface area contributed by atoms with E-state index in [4.69, 9.17) is 0 Å². The van der Waals surface area contributed by atoms with Crippen molar-refractivity contribution >= 4 is 11.8 Å². The van der Waals surface area contributed by atoms with Crippen LogP contribution in [0.4, 0.5) is 0 Å². The molecule has 6 heteroatoms. The molecule has 37 heavy (non-hydrogen) atoms. The Balaban J connectivity index is 1.96. The van der Waals surface area contributed by atoms with E-state index in [1.165, 1.54) is 6.20 Å². The van der Waals surface area contributed by atoms with Gasteiger partial charge in [-0.25, -0.2) is 0 Å². The van der Waals surface area contributed by atoms with Crippen LogP contribution in [0.1, 0.15) is 68.6 Å². The molecule has 0 fully saturated rings. The van der Waals surface area contributed by atoms with Gasteiger partial charge in [-0.2, -0.15) is 0 Å². The van der Waals surface area contributed by atoms with E-state index < -0.39 is 0 Å². The topological polar surface area (TPSA) is 74.3 Å². The number of carbonyl (C=O) groups is 2. The van der Waals surface area contributed by atoms with Crippen molar-refractivity contribution in [2.24, 2.45) is 0 Å². The van der Waals surface area contributed by atoms with Gasteiger partial charge in [0.15, 0.2) is 0 Å².